The Morgan fingerprint density at radius 1 is 1.53 bits per heavy atom. The second-order valence-corrected chi connectivity index (χ2v) is 3.60. The van der Waals surface area contributed by atoms with Crippen LogP contribution in [0.5, 0.6) is 0 Å². The Morgan fingerprint density at radius 3 is 2.60 bits per heavy atom. The van der Waals surface area contributed by atoms with Gasteiger partial charge in [0.2, 0.25) is 0 Å². The summed E-state index contributed by atoms with van der Waals surface area (Å²) >= 11 is 0. The van der Waals surface area contributed by atoms with Gasteiger partial charge < -0.3 is 9.84 Å². The van der Waals surface area contributed by atoms with E-state index in [1.54, 1.807) is 0 Å². The standard InChI is InChI=1S/C11H14O4/c1-7(10(12)13)3-4-8(2)11(14)15-9-5-6-9/h3,9H,2,4-6H2,1H3,(H,12,13). The fourth-order valence-corrected chi connectivity index (χ4v) is 0.868. The smallest absolute Gasteiger partial charge is 0.333 e. The van der Waals surface area contributed by atoms with E-state index in [1.807, 2.05) is 0 Å². The molecule has 1 rings (SSSR count). The molecule has 4 heteroatoms. The lowest BCUT2D eigenvalue weighted by molar-refractivity contribution is -0.140. The SMILES string of the molecule is C=C(CC=C(C)C(=O)O)C(=O)OC1CC1. The number of hydrogen-bond donors (Lipinski definition) is 1. The van der Waals surface area contributed by atoms with E-state index in [9.17, 15) is 9.59 Å². The number of allylic oxidation sites excluding steroid dienone is 1. The molecular weight excluding hydrogens is 196 g/mol. The lowest BCUT2D eigenvalue weighted by atomic mass is 10.1. The van der Waals surface area contributed by atoms with Gasteiger partial charge in [-0.25, -0.2) is 9.59 Å². The van der Waals surface area contributed by atoms with Crippen LogP contribution in [0.4, 0.5) is 0 Å². The molecule has 1 saturated carbocycles. The maximum atomic E-state index is 11.3. The first-order valence-corrected chi connectivity index (χ1v) is 4.79. The van der Waals surface area contributed by atoms with Crippen molar-refractivity contribution in [3.8, 4) is 0 Å². The van der Waals surface area contributed by atoms with E-state index in [4.69, 9.17) is 9.84 Å². The van der Waals surface area contributed by atoms with Gasteiger partial charge in [0.05, 0.1) is 0 Å². The van der Waals surface area contributed by atoms with Crippen molar-refractivity contribution < 1.29 is 19.4 Å². The van der Waals surface area contributed by atoms with Crippen LogP contribution in [-0.4, -0.2) is 23.1 Å². The molecule has 1 N–H and O–H groups in total. The van der Waals surface area contributed by atoms with Crippen molar-refractivity contribution >= 4 is 11.9 Å². The zero-order chi connectivity index (χ0) is 11.4. The fourth-order valence-electron chi connectivity index (χ4n) is 0.868. The van der Waals surface area contributed by atoms with Gasteiger partial charge in [-0.2, -0.15) is 0 Å². The van der Waals surface area contributed by atoms with Crippen LogP contribution in [0, 0.1) is 0 Å². The summed E-state index contributed by atoms with van der Waals surface area (Å²) in [7, 11) is 0. The van der Waals surface area contributed by atoms with Gasteiger partial charge in [0, 0.05) is 11.1 Å². The molecule has 1 fully saturated rings. The van der Waals surface area contributed by atoms with E-state index in [2.05, 4.69) is 6.58 Å². The van der Waals surface area contributed by atoms with Gasteiger partial charge in [-0.15, -0.1) is 0 Å². The predicted molar refractivity (Wildman–Crippen MR) is 54.3 cm³/mol. The van der Waals surface area contributed by atoms with Crippen molar-refractivity contribution in [1.29, 1.82) is 0 Å². The third-order valence-corrected chi connectivity index (χ3v) is 2.08. The Morgan fingerprint density at radius 2 is 2.13 bits per heavy atom. The Bertz CT molecular complexity index is 323. The summed E-state index contributed by atoms with van der Waals surface area (Å²) in [5.41, 5.74) is 0.498. The van der Waals surface area contributed by atoms with Crippen LogP contribution in [-0.2, 0) is 14.3 Å². The minimum absolute atomic E-state index is 0.0544. The number of carbonyl (C=O) groups excluding carboxylic acids is 1. The summed E-state index contributed by atoms with van der Waals surface area (Å²) < 4.78 is 5.00. The average Bonchev–Trinajstić information content (AvgIpc) is 2.96. The Kier molecular flexibility index (Phi) is 3.66. The zero-order valence-corrected chi connectivity index (χ0v) is 8.66. The van der Waals surface area contributed by atoms with Crippen LogP contribution in [0.25, 0.3) is 0 Å². The minimum Gasteiger partial charge on any atom is -0.478 e. The van der Waals surface area contributed by atoms with E-state index in [0.717, 1.165) is 12.8 Å². The Hall–Kier alpha value is -1.58. The van der Waals surface area contributed by atoms with E-state index >= 15 is 0 Å². The molecule has 0 bridgehead atoms. The quantitative estimate of drug-likeness (QED) is 0.553. The number of carboxylic acid groups (broad SMARTS) is 1. The Labute approximate surface area is 88.2 Å². The van der Waals surface area contributed by atoms with E-state index in [1.165, 1.54) is 13.0 Å². The second-order valence-electron chi connectivity index (χ2n) is 3.60. The lowest BCUT2D eigenvalue weighted by Crippen LogP contribution is -2.08. The first kappa shape index (κ1) is 11.5. The summed E-state index contributed by atoms with van der Waals surface area (Å²) in [5.74, 6) is -1.41. The Balaban J connectivity index is 2.37. The summed E-state index contributed by atoms with van der Waals surface area (Å²) in [6, 6.07) is 0. The number of esters is 1. The summed E-state index contributed by atoms with van der Waals surface area (Å²) in [6.45, 7) is 5.03. The molecule has 0 radical (unpaired) electrons. The number of aliphatic carboxylic acids is 1. The highest BCUT2D eigenvalue weighted by molar-refractivity contribution is 5.89. The predicted octanol–water partition coefficient (Wildman–Crippen LogP) is 1.67. The van der Waals surface area contributed by atoms with Crippen LogP contribution < -0.4 is 0 Å². The fraction of sp³-hybridized carbons (Fsp3) is 0.455. The molecule has 0 heterocycles. The number of ether oxygens (including phenoxy) is 1. The molecule has 0 aromatic rings. The van der Waals surface area contributed by atoms with E-state index in [-0.39, 0.29) is 18.1 Å². The van der Waals surface area contributed by atoms with E-state index < -0.39 is 11.9 Å². The highest BCUT2D eigenvalue weighted by Gasteiger charge is 2.26. The van der Waals surface area contributed by atoms with Gasteiger partial charge >= 0.3 is 11.9 Å². The van der Waals surface area contributed by atoms with E-state index in [0.29, 0.717) is 5.57 Å². The monoisotopic (exact) mass is 210 g/mol. The van der Waals surface area contributed by atoms with Crippen LogP contribution in [0.2, 0.25) is 0 Å². The molecule has 4 nitrogen and oxygen atoms in total. The minimum atomic E-state index is -0.988. The van der Waals surface area contributed by atoms with Crippen LogP contribution in [0.1, 0.15) is 26.2 Å². The molecule has 0 unspecified atom stereocenters. The maximum absolute atomic E-state index is 11.3. The molecule has 0 aromatic heterocycles. The van der Waals surface area contributed by atoms with Crippen LogP contribution in [0.15, 0.2) is 23.8 Å². The zero-order valence-electron chi connectivity index (χ0n) is 8.66. The number of carbonyl (C=O) groups is 2. The van der Waals surface area contributed by atoms with Crippen molar-refractivity contribution in [2.24, 2.45) is 0 Å². The molecule has 0 aromatic carbocycles. The summed E-state index contributed by atoms with van der Waals surface area (Å²) in [4.78, 5) is 21.7. The number of hydrogen-bond acceptors (Lipinski definition) is 3. The molecule has 0 spiro atoms. The normalized spacial score (nSPS) is 15.9. The highest BCUT2D eigenvalue weighted by Crippen LogP contribution is 2.24. The maximum Gasteiger partial charge on any atom is 0.333 e. The highest BCUT2D eigenvalue weighted by atomic mass is 16.5. The van der Waals surface area contributed by atoms with Crippen molar-refractivity contribution in [2.75, 3.05) is 0 Å². The van der Waals surface area contributed by atoms with Gasteiger partial charge in [-0.05, 0) is 26.2 Å². The van der Waals surface area contributed by atoms with Gasteiger partial charge in [-0.1, -0.05) is 12.7 Å². The molecule has 0 atom stereocenters. The van der Waals surface area contributed by atoms with Gasteiger partial charge in [0.25, 0.3) is 0 Å². The molecule has 82 valence electrons. The average molecular weight is 210 g/mol. The van der Waals surface area contributed by atoms with Crippen molar-refractivity contribution in [3.63, 3.8) is 0 Å². The van der Waals surface area contributed by atoms with Crippen molar-refractivity contribution in [2.45, 2.75) is 32.3 Å². The summed E-state index contributed by atoms with van der Waals surface area (Å²) in [6.07, 6.45) is 3.58. The molecule has 15 heavy (non-hydrogen) atoms. The molecule has 0 aliphatic heterocycles. The van der Waals surface area contributed by atoms with Gasteiger partial charge in [0.1, 0.15) is 6.10 Å². The third-order valence-electron chi connectivity index (χ3n) is 2.08. The van der Waals surface area contributed by atoms with Gasteiger partial charge in [0.15, 0.2) is 0 Å². The lowest BCUT2D eigenvalue weighted by Gasteiger charge is -2.03. The van der Waals surface area contributed by atoms with Gasteiger partial charge in [-0.3, -0.25) is 0 Å². The number of carboxylic acids is 1. The molecular formula is C11H14O4. The van der Waals surface area contributed by atoms with Crippen molar-refractivity contribution in [1.82, 2.24) is 0 Å². The second kappa shape index (κ2) is 4.77. The summed E-state index contributed by atoms with van der Waals surface area (Å²) in [5, 5.41) is 8.57. The molecule has 0 saturated heterocycles. The first-order valence-electron chi connectivity index (χ1n) is 4.79. The third kappa shape index (κ3) is 3.97. The first-order chi connectivity index (χ1) is 7.00. The number of rotatable bonds is 5. The van der Waals surface area contributed by atoms with Crippen molar-refractivity contribution in [3.05, 3.63) is 23.8 Å². The topological polar surface area (TPSA) is 63.6 Å². The molecule has 1 aliphatic rings. The molecule has 0 amide bonds. The molecule has 1 aliphatic carbocycles. The van der Waals surface area contributed by atoms with Crippen LogP contribution >= 0.6 is 0 Å². The van der Waals surface area contributed by atoms with Crippen LogP contribution in [0.3, 0.4) is 0 Å². The largest absolute Gasteiger partial charge is 0.478 e.